The van der Waals surface area contributed by atoms with Crippen molar-refractivity contribution in [3.8, 4) is 0 Å². The Bertz CT molecular complexity index is 596. The van der Waals surface area contributed by atoms with Crippen molar-refractivity contribution in [2.24, 2.45) is 0 Å². The molecule has 1 heterocycles. The third-order valence-electron chi connectivity index (χ3n) is 4.18. The molecule has 2 unspecified atom stereocenters. The first-order valence-corrected chi connectivity index (χ1v) is 8.34. The van der Waals surface area contributed by atoms with Crippen LogP contribution in [0.15, 0.2) is 53.1 Å². The van der Waals surface area contributed by atoms with Crippen molar-refractivity contribution >= 4 is 6.03 Å². The van der Waals surface area contributed by atoms with Crippen LogP contribution in [0.2, 0.25) is 0 Å². The first-order chi connectivity index (χ1) is 11.6. The molecule has 0 spiro atoms. The second kappa shape index (κ2) is 9.13. The highest BCUT2D eigenvalue weighted by Gasteiger charge is 2.17. The molecule has 0 fully saturated rings. The van der Waals surface area contributed by atoms with Gasteiger partial charge in [-0.05, 0) is 44.1 Å². The largest absolute Gasteiger partial charge is 0.468 e. The van der Waals surface area contributed by atoms with Crippen molar-refractivity contribution in [3.05, 3.63) is 60.1 Å². The molecule has 2 aromatic rings. The van der Waals surface area contributed by atoms with Crippen molar-refractivity contribution in [2.45, 2.75) is 25.3 Å². The molecule has 1 aromatic carbocycles. The molecule has 0 aliphatic carbocycles. The van der Waals surface area contributed by atoms with Gasteiger partial charge in [0.05, 0.1) is 12.3 Å². The Hall–Kier alpha value is -2.27. The molecule has 0 saturated heterocycles. The molecular weight excluding hydrogens is 302 g/mol. The van der Waals surface area contributed by atoms with Crippen LogP contribution in [0.1, 0.15) is 36.6 Å². The molecule has 0 saturated carbocycles. The number of amides is 2. The summed E-state index contributed by atoms with van der Waals surface area (Å²) in [4.78, 5) is 14.0. The molecule has 2 amide bonds. The highest BCUT2D eigenvalue weighted by Crippen LogP contribution is 2.18. The fraction of sp³-hybridized carbons (Fsp3) is 0.421. The molecule has 2 rings (SSSR count). The Morgan fingerprint density at radius 3 is 2.50 bits per heavy atom. The van der Waals surface area contributed by atoms with Crippen molar-refractivity contribution in [3.63, 3.8) is 0 Å². The number of hydrogen-bond donors (Lipinski definition) is 2. The summed E-state index contributed by atoms with van der Waals surface area (Å²) in [6.45, 7) is 3.32. The summed E-state index contributed by atoms with van der Waals surface area (Å²) < 4.78 is 5.44. The van der Waals surface area contributed by atoms with Crippen LogP contribution in [0.25, 0.3) is 0 Å². The van der Waals surface area contributed by atoms with Gasteiger partial charge in [-0.25, -0.2) is 4.79 Å². The molecular formula is C19H27N3O2. The minimum Gasteiger partial charge on any atom is -0.468 e. The number of carbonyl (C=O) groups excluding carboxylic acids is 1. The summed E-state index contributed by atoms with van der Waals surface area (Å²) in [5.41, 5.74) is 1.30. The van der Waals surface area contributed by atoms with E-state index in [1.54, 1.807) is 6.26 Å². The fourth-order valence-corrected chi connectivity index (χ4v) is 2.62. The number of likely N-dealkylation sites (N-methyl/N-ethyl adjacent to an activating group) is 1. The Morgan fingerprint density at radius 2 is 1.88 bits per heavy atom. The van der Waals surface area contributed by atoms with Crippen molar-refractivity contribution in [2.75, 3.05) is 27.2 Å². The average molecular weight is 329 g/mol. The van der Waals surface area contributed by atoms with Crippen molar-refractivity contribution in [1.82, 2.24) is 15.5 Å². The topological polar surface area (TPSA) is 57.5 Å². The van der Waals surface area contributed by atoms with Gasteiger partial charge in [-0.2, -0.15) is 0 Å². The normalized spacial score (nSPS) is 13.5. The van der Waals surface area contributed by atoms with Crippen LogP contribution in [0, 0.1) is 0 Å². The molecule has 0 aliphatic rings. The summed E-state index contributed by atoms with van der Waals surface area (Å²) in [6.07, 6.45) is 2.56. The van der Waals surface area contributed by atoms with Gasteiger partial charge in [0.15, 0.2) is 0 Å². The standard InChI is InChI=1S/C19H27N3O2/c1-15(16-8-5-4-6-9-16)11-12-20-19(23)21-14-17(22(2)3)18-10-7-13-24-18/h4-10,13,15,17H,11-12,14H2,1-3H3,(H2,20,21,23). The van der Waals surface area contributed by atoms with Crippen LogP contribution < -0.4 is 10.6 Å². The lowest BCUT2D eigenvalue weighted by atomic mass is 9.98. The van der Waals surface area contributed by atoms with Gasteiger partial charge in [0.1, 0.15) is 5.76 Å². The fourth-order valence-electron chi connectivity index (χ4n) is 2.62. The summed E-state index contributed by atoms with van der Waals surface area (Å²) in [5, 5.41) is 5.84. The third-order valence-corrected chi connectivity index (χ3v) is 4.18. The highest BCUT2D eigenvalue weighted by molar-refractivity contribution is 5.73. The van der Waals surface area contributed by atoms with Crippen molar-refractivity contribution < 1.29 is 9.21 Å². The van der Waals surface area contributed by atoms with Crippen LogP contribution in [-0.4, -0.2) is 38.1 Å². The van der Waals surface area contributed by atoms with Crippen LogP contribution in [-0.2, 0) is 0 Å². The quantitative estimate of drug-likeness (QED) is 0.780. The maximum Gasteiger partial charge on any atom is 0.314 e. The Balaban J connectivity index is 1.71. The summed E-state index contributed by atoms with van der Waals surface area (Å²) in [6, 6.07) is 14.0. The van der Waals surface area contributed by atoms with Crippen LogP contribution in [0.3, 0.4) is 0 Å². The number of nitrogens with one attached hydrogen (secondary N) is 2. The summed E-state index contributed by atoms with van der Waals surface area (Å²) in [5.74, 6) is 1.27. The monoisotopic (exact) mass is 329 g/mol. The molecule has 5 heteroatoms. The van der Waals surface area contributed by atoms with E-state index in [1.165, 1.54) is 5.56 Å². The summed E-state index contributed by atoms with van der Waals surface area (Å²) >= 11 is 0. The van der Waals surface area contributed by atoms with Gasteiger partial charge in [-0.1, -0.05) is 37.3 Å². The number of benzene rings is 1. The molecule has 5 nitrogen and oxygen atoms in total. The zero-order valence-corrected chi connectivity index (χ0v) is 14.7. The Morgan fingerprint density at radius 1 is 1.12 bits per heavy atom. The van der Waals surface area contributed by atoms with E-state index in [2.05, 4.69) is 29.7 Å². The second-order valence-corrected chi connectivity index (χ2v) is 6.23. The van der Waals surface area contributed by atoms with Crippen LogP contribution in [0.5, 0.6) is 0 Å². The smallest absolute Gasteiger partial charge is 0.314 e. The first kappa shape index (κ1) is 18.1. The zero-order chi connectivity index (χ0) is 17.4. The van der Waals surface area contributed by atoms with E-state index < -0.39 is 0 Å². The van der Waals surface area contributed by atoms with E-state index in [1.807, 2.05) is 49.3 Å². The van der Waals surface area contributed by atoms with Gasteiger partial charge in [0, 0.05) is 13.1 Å². The van der Waals surface area contributed by atoms with E-state index in [-0.39, 0.29) is 12.1 Å². The predicted molar refractivity (Wildman–Crippen MR) is 96.0 cm³/mol. The van der Waals surface area contributed by atoms with E-state index in [4.69, 9.17) is 4.42 Å². The minimum atomic E-state index is -0.145. The van der Waals surface area contributed by atoms with Gasteiger partial charge in [-0.3, -0.25) is 4.90 Å². The van der Waals surface area contributed by atoms with Gasteiger partial charge < -0.3 is 15.1 Å². The molecule has 24 heavy (non-hydrogen) atoms. The predicted octanol–water partition coefficient (Wildman–Crippen LogP) is 3.38. The lowest BCUT2D eigenvalue weighted by Crippen LogP contribution is -2.40. The lowest BCUT2D eigenvalue weighted by molar-refractivity contribution is 0.225. The van der Waals surface area contributed by atoms with Gasteiger partial charge in [0.25, 0.3) is 0 Å². The number of rotatable bonds is 8. The molecule has 0 aliphatic heterocycles. The SMILES string of the molecule is CC(CCNC(=O)NCC(c1ccco1)N(C)C)c1ccccc1. The van der Waals surface area contributed by atoms with Gasteiger partial charge >= 0.3 is 6.03 Å². The number of carbonyl (C=O) groups is 1. The zero-order valence-electron chi connectivity index (χ0n) is 14.7. The van der Waals surface area contributed by atoms with E-state index in [0.717, 1.165) is 12.2 Å². The minimum absolute atomic E-state index is 0.0222. The number of furan rings is 1. The highest BCUT2D eigenvalue weighted by atomic mass is 16.3. The molecule has 0 radical (unpaired) electrons. The lowest BCUT2D eigenvalue weighted by Gasteiger charge is -2.22. The third kappa shape index (κ3) is 5.42. The van der Waals surface area contributed by atoms with Crippen LogP contribution >= 0.6 is 0 Å². The second-order valence-electron chi connectivity index (χ2n) is 6.23. The van der Waals surface area contributed by atoms with Gasteiger partial charge in [0.2, 0.25) is 0 Å². The number of hydrogen-bond acceptors (Lipinski definition) is 3. The molecule has 1 aromatic heterocycles. The maximum absolute atomic E-state index is 12.0. The molecule has 2 atom stereocenters. The Kier molecular flexibility index (Phi) is 6.88. The van der Waals surface area contributed by atoms with E-state index in [9.17, 15) is 4.79 Å². The van der Waals surface area contributed by atoms with E-state index in [0.29, 0.717) is 19.0 Å². The summed E-state index contributed by atoms with van der Waals surface area (Å²) in [7, 11) is 3.93. The average Bonchev–Trinajstić information content (AvgIpc) is 3.09. The molecule has 130 valence electrons. The van der Waals surface area contributed by atoms with Crippen LogP contribution in [0.4, 0.5) is 4.79 Å². The molecule has 0 bridgehead atoms. The first-order valence-electron chi connectivity index (χ1n) is 8.34. The maximum atomic E-state index is 12.0. The number of nitrogens with zero attached hydrogens (tertiary/aromatic N) is 1. The molecule has 2 N–H and O–H groups in total. The Labute approximate surface area is 144 Å². The number of urea groups is 1. The van der Waals surface area contributed by atoms with Gasteiger partial charge in [-0.15, -0.1) is 0 Å². The van der Waals surface area contributed by atoms with Crippen molar-refractivity contribution in [1.29, 1.82) is 0 Å². The van der Waals surface area contributed by atoms with E-state index >= 15 is 0 Å².